The topological polar surface area (TPSA) is 89.1 Å². The number of anilines is 1. The van der Waals surface area contributed by atoms with Crippen molar-refractivity contribution in [1.82, 2.24) is 15.0 Å². The monoisotopic (exact) mass is 212 g/mol. The van der Waals surface area contributed by atoms with Crippen LogP contribution < -0.4 is 11.1 Å². The molecule has 1 rings (SSSR count). The summed E-state index contributed by atoms with van der Waals surface area (Å²) in [6, 6.07) is 0. The van der Waals surface area contributed by atoms with Gasteiger partial charge in [0.05, 0.1) is 5.70 Å². The van der Waals surface area contributed by atoms with Gasteiger partial charge < -0.3 is 11.1 Å². The Balaban J connectivity index is 2.77. The minimum Gasteiger partial charge on any atom is -0.403 e. The Bertz CT molecular complexity index is 361. The van der Waals surface area contributed by atoms with Crippen molar-refractivity contribution in [2.45, 2.75) is 0 Å². The summed E-state index contributed by atoms with van der Waals surface area (Å²) in [5.41, 5.74) is 5.90. The van der Waals surface area contributed by atoms with Crippen LogP contribution in [0.25, 0.3) is 0 Å². The number of hydrogen-bond donors (Lipinski definition) is 2. The van der Waals surface area contributed by atoms with Crippen molar-refractivity contribution >= 4 is 23.8 Å². The molecule has 0 radical (unpaired) electrons. The third kappa shape index (κ3) is 2.98. The summed E-state index contributed by atoms with van der Waals surface area (Å²) in [7, 11) is 1.63. The van der Waals surface area contributed by atoms with Gasteiger partial charge in [-0.25, -0.2) is 9.97 Å². The lowest BCUT2D eigenvalue weighted by atomic mass is 10.5. The van der Waals surface area contributed by atoms with Crippen LogP contribution in [0.1, 0.15) is 0 Å². The molecule has 0 aromatic carbocycles. The van der Waals surface area contributed by atoms with Crippen molar-refractivity contribution in [3.8, 4) is 0 Å². The molecule has 1 heterocycles. The van der Waals surface area contributed by atoms with Gasteiger partial charge in [0.1, 0.15) is 6.33 Å². The van der Waals surface area contributed by atoms with Gasteiger partial charge in [-0.1, -0.05) is 0 Å². The second kappa shape index (κ2) is 5.13. The molecule has 1 aromatic rings. The highest BCUT2D eigenvalue weighted by atomic mass is 35.5. The second-order valence-corrected chi connectivity index (χ2v) is 2.55. The van der Waals surface area contributed by atoms with E-state index in [0.717, 1.165) is 0 Å². The Kier molecular flexibility index (Phi) is 3.81. The van der Waals surface area contributed by atoms with Gasteiger partial charge in [-0.2, -0.15) is 4.98 Å². The van der Waals surface area contributed by atoms with Crippen LogP contribution in [0, 0.1) is 0 Å². The maximum atomic E-state index is 5.56. The second-order valence-electron chi connectivity index (χ2n) is 2.21. The first kappa shape index (κ1) is 10.4. The molecule has 0 fully saturated rings. The molecule has 0 saturated heterocycles. The molecule has 1 aromatic heterocycles. The fraction of sp³-hybridized carbons (Fsp3) is 0.143. The maximum Gasteiger partial charge on any atom is 0.231 e. The quantitative estimate of drug-likeness (QED) is 0.710. The number of nitrogens with two attached hydrogens (primary N) is 1. The molecular weight excluding hydrogens is 204 g/mol. The average Bonchev–Trinajstić information content (AvgIpc) is 2.17. The molecule has 0 spiro atoms. The van der Waals surface area contributed by atoms with E-state index in [1.54, 1.807) is 7.05 Å². The number of halogens is 1. The predicted molar refractivity (Wildman–Crippen MR) is 55.1 cm³/mol. The first-order valence-corrected chi connectivity index (χ1v) is 4.09. The number of aliphatic imine (C=N–C) groups is 1. The fourth-order valence-corrected chi connectivity index (χ4v) is 0.845. The lowest BCUT2D eigenvalue weighted by Gasteiger charge is -2.02. The van der Waals surface area contributed by atoms with Crippen molar-refractivity contribution in [3.05, 3.63) is 23.5 Å². The van der Waals surface area contributed by atoms with Crippen LogP contribution in [-0.4, -0.2) is 28.2 Å². The third-order valence-corrected chi connectivity index (χ3v) is 1.43. The minimum absolute atomic E-state index is 0.118. The van der Waals surface area contributed by atoms with Gasteiger partial charge in [0.15, 0.2) is 0 Å². The summed E-state index contributed by atoms with van der Waals surface area (Å²) < 4.78 is 0. The molecule has 0 amide bonds. The number of nitrogens with one attached hydrogen (secondary N) is 1. The Hall–Kier alpha value is -1.69. The van der Waals surface area contributed by atoms with Gasteiger partial charge in [0.25, 0.3) is 0 Å². The minimum atomic E-state index is 0.118. The molecule has 0 aliphatic heterocycles. The zero-order valence-electron chi connectivity index (χ0n) is 7.48. The Morgan fingerprint density at radius 2 is 2.43 bits per heavy atom. The van der Waals surface area contributed by atoms with Crippen LogP contribution >= 0.6 is 11.6 Å². The van der Waals surface area contributed by atoms with E-state index < -0.39 is 0 Å². The van der Waals surface area contributed by atoms with E-state index in [1.165, 1.54) is 18.7 Å². The van der Waals surface area contributed by atoms with Crippen LogP contribution in [0.2, 0.25) is 5.28 Å². The third-order valence-electron chi connectivity index (χ3n) is 1.25. The smallest absolute Gasteiger partial charge is 0.231 e. The lowest BCUT2D eigenvalue weighted by molar-refractivity contribution is 1.05. The highest BCUT2D eigenvalue weighted by molar-refractivity contribution is 6.28. The number of nitrogens with zero attached hydrogens (tertiary/aromatic N) is 4. The molecule has 74 valence electrons. The van der Waals surface area contributed by atoms with Gasteiger partial charge in [-0.05, 0) is 11.6 Å². The predicted octanol–water partition coefficient (Wildman–Crippen LogP) is 0.438. The summed E-state index contributed by atoms with van der Waals surface area (Å²) in [5, 5.41) is 2.93. The Morgan fingerprint density at radius 1 is 1.64 bits per heavy atom. The molecule has 0 atom stereocenters. The van der Waals surface area contributed by atoms with E-state index in [4.69, 9.17) is 17.3 Å². The van der Waals surface area contributed by atoms with E-state index in [-0.39, 0.29) is 5.28 Å². The van der Waals surface area contributed by atoms with E-state index in [9.17, 15) is 0 Å². The van der Waals surface area contributed by atoms with Crippen LogP contribution in [0.4, 0.5) is 5.95 Å². The van der Waals surface area contributed by atoms with E-state index in [1.807, 2.05) is 0 Å². The summed E-state index contributed by atoms with van der Waals surface area (Å²) in [5.74, 6) is 0.321. The van der Waals surface area contributed by atoms with Crippen LogP contribution in [-0.2, 0) is 0 Å². The summed E-state index contributed by atoms with van der Waals surface area (Å²) >= 11 is 5.56. The number of rotatable bonds is 3. The van der Waals surface area contributed by atoms with Gasteiger partial charge in [0, 0.05) is 19.5 Å². The molecule has 0 aliphatic carbocycles. The first-order chi connectivity index (χ1) is 6.76. The molecule has 0 aliphatic rings. The average molecular weight is 213 g/mol. The highest BCUT2D eigenvalue weighted by Gasteiger charge is 1.98. The number of hydrogen-bond acceptors (Lipinski definition) is 6. The SMILES string of the molecule is CN=C/C(=C\N)Nc1ncnc(Cl)n1. The first-order valence-electron chi connectivity index (χ1n) is 3.72. The zero-order valence-corrected chi connectivity index (χ0v) is 8.23. The number of aromatic nitrogens is 3. The molecule has 0 saturated carbocycles. The summed E-state index contributed by atoms with van der Waals surface area (Å²) in [6.45, 7) is 0. The van der Waals surface area contributed by atoms with Crippen LogP contribution in [0.5, 0.6) is 0 Å². The van der Waals surface area contributed by atoms with Crippen molar-refractivity contribution in [2.75, 3.05) is 12.4 Å². The van der Waals surface area contributed by atoms with E-state index in [2.05, 4.69) is 25.3 Å². The largest absolute Gasteiger partial charge is 0.403 e. The molecule has 3 N–H and O–H groups in total. The molecule has 0 bridgehead atoms. The summed E-state index contributed by atoms with van der Waals surface area (Å²) in [4.78, 5) is 15.1. The Morgan fingerprint density at radius 3 is 3.00 bits per heavy atom. The number of allylic oxidation sites excluding steroid dienone is 1. The van der Waals surface area contributed by atoms with Crippen LogP contribution in [0.15, 0.2) is 23.2 Å². The molecule has 14 heavy (non-hydrogen) atoms. The summed E-state index contributed by atoms with van der Waals surface area (Å²) in [6.07, 6.45) is 4.19. The molecule has 0 unspecified atom stereocenters. The maximum absolute atomic E-state index is 5.56. The van der Waals surface area contributed by atoms with Crippen molar-refractivity contribution < 1.29 is 0 Å². The van der Waals surface area contributed by atoms with Gasteiger partial charge in [0.2, 0.25) is 11.2 Å². The van der Waals surface area contributed by atoms with Gasteiger partial charge >= 0.3 is 0 Å². The molecular formula is C7H9ClN6. The van der Waals surface area contributed by atoms with Crippen molar-refractivity contribution in [2.24, 2.45) is 10.7 Å². The van der Waals surface area contributed by atoms with Gasteiger partial charge in [-0.15, -0.1) is 0 Å². The standard InChI is InChI=1S/C7H9ClN6/c1-10-3-5(2-9)13-7-12-4-11-6(8)14-7/h2-4H,9H2,1H3,(H,11,12,13,14)/b5-2+,10-3?. The van der Waals surface area contributed by atoms with Gasteiger partial charge in [-0.3, -0.25) is 4.99 Å². The lowest BCUT2D eigenvalue weighted by Crippen LogP contribution is -2.07. The van der Waals surface area contributed by atoms with E-state index in [0.29, 0.717) is 11.6 Å². The Labute approximate surface area is 85.9 Å². The zero-order chi connectivity index (χ0) is 10.4. The normalized spacial score (nSPS) is 12.0. The van der Waals surface area contributed by atoms with Crippen LogP contribution in [0.3, 0.4) is 0 Å². The van der Waals surface area contributed by atoms with E-state index >= 15 is 0 Å². The molecule has 7 heteroatoms. The van der Waals surface area contributed by atoms with Crippen molar-refractivity contribution in [1.29, 1.82) is 0 Å². The fourth-order valence-electron chi connectivity index (χ4n) is 0.722. The van der Waals surface area contributed by atoms with Crippen molar-refractivity contribution in [3.63, 3.8) is 0 Å². The molecule has 6 nitrogen and oxygen atoms in total. The highest BCUT2D eigenvalue weighted by Crippen LogP contribution is 2.03.